The SMILES string of the molecule is COCCNC1CC(C)(C)Oc2ccccc21. The van der Waals surface area contributed by atoms with E-state index in [1.807, 2.05) is 12.1 Å². The molecule has 1 unspecified atom stereocenters. The van der Waals surface area contributed by atoms with Crippen molar-refractivity contribution in [2.75, 3.05) is 20.3 Å². The van der Waals surface area contributed by atoms with E-state index in [0.29, 0.717) is 6.04 Å². The first-order valence-corrected chi connectivity index (χ1v) is 6.13. The van der Waals surface area contributed by atoms with Crippen LogP contribution in [0.3, 0.4) is 0 Å². The van der Waals surface area contributed by atoms with Crippen LogP contribution in [0.15, 0.2) is 24.3 Å². The Hall–Kier alpha value is -1.06. The molecule has 0 aromatic heterocycles. The molecule has 0 bridgehead atoms. The first kappa shape index (κ1) is 12.4. The summed E-state index contributed by atoms with van der Waals surface area (Å²) in [6.45, 7) is 5.87. The number of hydrogen-bond donors (Lipinski definition) is 1. The quantitative estimate of drug-likeness (QED) is 0.813. The number of fused-ring (bicyclic) bond motifs is 1. The number of rotatable bonds is 4. The van der Waals surface area contributed by atoms with Gasteiger partial charge in [-0.15, -0.1) is 0 Å². The molecule has 3 heteroatoms. The van der Waals surface area contributed by atoms with Crippen LogP contribution in [0.2, 0.25) is 0 Å². The topological polar surface area (TPSA) is 30.5 Å². The van der Waals surface area contributed by atoms with Gasteiger partial charge in [0.25, 0.3) is 0 Å². The van der Waals surface area contributed by atoms with Gasteiger partial charge in [0.2, 0.25) is 0 Å². The van der Waals surface area contributed by atoms with Gasteiger partial charge < -0.3 is 14.8 Å². The van der Waals surface area contributed by atoms with Crippen LogP contribution in [0.5, 0.6) is 5.75 Å². The van der Waals surface area contributed by atoms with E-state index in [1.54, 1.807) is 7.11 Å². The molecular formula is C14H21NO2. The minimum atomic E-state index is -0.112. The fourth-order valence-corrected chi connectivity index (χ4v) is 2.32. The van der Waals surface area contributed by atoms with Crippen LogP contribution in [0, 0.1) is 0 Å². The minimum Gasteiger partial charge on any atom is -0.487 e. The number of methoxy groups -OCH3 is 1. The summed E-state index contributed by atoms with van der Waals surface area (Å²) >= 11 is 0. The van der Waals surface area contributed by atoms with Crippen molar-refractivity contribution in [3.8, 4) is 5.75 Å². The van der Waals surface area contributed by atoms with Gasteiger partial charge in [-0.2, -0.15) is 0 Å². The van der Waals surface area contributed by atoms with Crippen molar-refractivity contribution in [3.05, 3.63) is 29.8 Å². The first-order valence-electron chi connectivity index (χ1n) is 6.13. The van der Waals surface area contributed by atoms with E-state index >= 15 is 0 Å². The average Bonchev–Trinajstić information content (AvgIpc) is 2.28. The third kappa shape index (κ3) is 2.99. The average molecular weight is 235 g/mol. The number of hydrogen-bond acceptors (Lipinski definition) is 3. The Bertz CT molecular complexity index is 376. The van der Waals surface area contributed by atoms with Crippen molar-refractivity contribution in [3.63, 3.8) is 0 Å². The largest absolute Gasteiger partial charge is 0.487 e. The molecule has 1 aromatic rings. The van der Waals surface area contributed by atoms with Gasteiger partial charge in [0.1, 0.15) is 11.4 Å². The Labute approximate surface area is 103 Å². The molecule has 0 saturated carbocycles. The molecule has 17 heavy (non-hydrogen) atoms. The molecule has 1 N–H and O–H groups in total. The molecule has 0 radical (unpaired) electrons. The fourth-order valence-electron chi connectivity index (χ4n) is 2.32. The highest BCUT2D eigenvalue weighted by Gasteiger charge is 2.32. The van der Waals surface area contributed by atoms with Crippen molar-refractivity contribution < 1.29 is 9.47 Å². The van der Waals surface area contributed by atoms with E-state index in [2.05, 4.69) is 31.3 Å². The predicted octanol–water partition coefficient (Wildman–Crippen LogP) is 2.52. The number of ether oxygens (including phenoxy) is 2. The smallest absolute Gasteiger partial charge is 0.124 e. The summed E-state index contributed by atoms with van der Waals surface area (Å²) in [5.74, 6) is 0.999. The molecule has 1 aliphatic heterocycles. The lowest BCUT2D eigenvalue weighted by molar-refractivity contribution is 0.0643. The molecule has 1 atom stereocenters. The van der Waals surface area contributed by atoms with E-state index in [4.69, 9.17) is 9.47 Å². The summed E-state index contributed by atoms with van der Waals surface area (Å²) in [4.78, 5) is 0. The third-order valence-electron chi connectivity index (χ3n) is 3.07. The van der Waals surface area contributed by atoms with E-state index < -0.39 is 0 Å². The number of benzene rings is 1. The standard InChI is InChI=1S/C14H21NO2/c1-14(2)10-12(15-8-9-16-3)11-6-4-5-7-13(11)17-14/h4-7,12,15H,8-10H2,1-3H3. The minimum absolute atomic E-state index is 0.112. The normalized spacial score (nSPS) is 21.7. The highest BCUT2D eigenvalue weighted by molar-refractivity contribution is 5.38. The molecule has 0 amide bonds. The van der Waals surface area contributed by atoms with Crippen molar-refractivity contribution >= 4 is 0 Å². The Morgan fingerprint density at radius 3 is 2.94 bits per heavy atom. The van der Waals surface area contributed by atoms with Gasteiger partial charge in [0, 0.05) is 31.7 Å². The molecule has 0 fully saturated rings. The van der Waals surface area contributed by atoms with Crippen molar-refractivity contribution in [2.24, 2.45) is 0 Å². The maximum absolute atomic E-state index is 5.98. The van der Waals surface area contributed by atoms with E-state index in [-0.39, 0.29) is 5.60 Å². The summed E-state index contributed by atoms with van der Waals surface area (Å²) in [5, 5.41) is 3.53. The van der Waals surface area contributed by atoms with Crippen LogP contribution in [0.1, 0.15) is 31.9 Å². The van der Waals surface area contributed by atoms with Gasteiger partial charge in [-0.1, -0.05) is 18.2 Å². The Morgan fingerprint density at radius 1 is 1.41 bits per heavy atom. The van der Waals surface area contributed by atoms with Gasteiger partial charge in [0.15, 0.2) is 0 Å². The summed E-state index contributed by atoms with van der Waals surface area (Å²) in [5.41, 5.74) is 1.14. The van der Waals surface area contributed by atoms with Crippen molar-refractivity contribution in [1.29, 1.82) is 0 Å². The summed E-state index contributed by atoms with van der Waals surface area (Å²) < 4.78 is 11.1. The predicted molar refractivity (Wildman–Crippen MR) is 68.4 cm³/mol. The molecule has 2 rings (SSSR count). The van der Waals surface area contributed by atoms with Crippen molar-refractivity contribution in [1.82, 2.24) is 5.32 Å². The van der Waals surface area contributed by atoms with Gasteiger partial charge in [0.05, 0.1) is 6.61 Å². The second-order valence-corrected chi connectivity index (χ2v) is 5.10. The van der Waals surface area contributed by atoms with E-state index in [9.17, 15) is 0 Å². The van der Waals surface area contributed by atoms with Gasteiger partial charge >= 0.3 is 0 Å². The maximum atomic E-state index is 5.98. The molecule has 3 nitrogen and oxygen atoms in total. The molecule has 94 valence electrons. The summed E-state index contributed by atoms with van der Waals surface area (Å²) in [7, 11) is 1.73. The Balaban J connectivity index is 2.15. The van der Waals surface area contributed by atoms with Crippen LogP contribution in [0.25, 0.3) is 0 Å². The Morgan fingerprint density at radius 2 is 2.18 bits per heavy atom. The lowest BCUT2D eigenvalue weighted by Crippen LogP contribution is -2.40. The van der Waals surface area contributed by atoms with Crippen LogP contribution in [0.4, 0.5) is 0 Å². The zero-order chi connectivity index (χ0) is 12.3. The third-order valence-corrected chi connectivity index (χ3v) is 3.07. The molecular weight excluding hydrogens is 214 g/mol. The van der Waals surface area contributed by atoms with E-state index in [1.165, 1.54) is 5.56 Å². The van der Waals surface area contributed by atoms with Crippen LogP contribution in [-0.2, 0) is 4.74 Å². The summed E-state index contributed by atoms with van der Waals surface area (Å²) in [6.07, 6.45) is 0.980. The maximum Gasteiger partial charge on any atom is 0.124 e. The van der Waals surface area contributed by atoms with E-state index in [0.717, 1.165) is 25.3 Å². The van der Waals surface area contributed by atoms with Crippen LogP contribution in [-0.4, -0.2) is 25.9 Å². The second kappa shape index (κ2) is 5.07. The molecule has 1 aromatic carbocycles. The van der Waals surface area contributed by atoms with Gasteiger partial charge in [-0.05, 0) is 19.9 Å². The Kier molecular flexibility index (Phi) is 3.69. The highest BCUT2D eigenvalue weighted by Crippen LogP contribution is 2.38. The highest BCUT2D eigenvalue weighted by atomic mass is 16.5. The second-order valence-electron chi connectivity index (χ2n) is 5.10. The first-order chi connectivity index (χ1) is 8.12. The van der Waals surface area contributed by atoms with Crippen molar-refractivity contribution in [2.45, 2.75) is 31.9 Å². The van der Waals surface area contributed by atoms with Gasteiger partial charge in [-0.25, -0.2) is 0 Å². The van der Waals surface area contributed by atoms with Crippen LogP contribution >= 0.6 is 0 Å². The zero-order valence-electron chi connectivity index (χ0n) is 10.8. The molecule has 0 saturated heterocycles. The molecule has 1 heterocycles. The monoisotopic (exact) mass is 235 g/mol. The molecule has 0 aliphatic carbocycles. The lowest BCUT2D eigenvalue weighted by Gasteiger charge is -2.38. The molecule has 1 aliphatic rings. The molecule has 0 spiro atoms. The van der Waals surface area contributed by atoms with Crippen LogP contribution < -0.4 is 10.1 Å². The van der Waals surface area contributed by atoms with Gasteiger partial charge in [-0.3, -0.25) is 0 Å². The number of nitrogens with one attached hydrogen (secondary N) is 1. The number of para-hydroxylation sites is 1. The lowest BCUT2D eigenvalue weighted by atomic mass is 9.90. The summed E-state index contributed by atoms with van der Waals surface area (Å²) in [6, 6.07) is 8.61. The zero-order valence-corrected chi connectivity index (χ0v) is 10.8. The fraction of sp³-hybridized carbons (Fsp3) is 0.571.